The second kappa shape index (κ2) is 13.5. The molecule has 0 unspecified atom stereocenters. The summed E-state index contributed by atoms with van der Waals surface area (Å²) in [5.74, 6) is -3.36. The summed E-state index contributed by atoms with van der Waals surface area (Å²) >= 11 is 0. The number of rotatable bonds is 12. The first-order valence-corrected chi connectivity index (χ1v) is 13.0. The van der Waals surface area contributed by atoms with Gasteiger partial charge in [-0.1, -0.05) is 11.2 Å². The number of carbonyl (C=O) groups excluding carboxylic acids is 2. The number of carbonyl (C=O) groups is 2. The first-order chi connectivity index (χ1) is 17.5. The third-order valence-corrected chi connectivity index (χ3v) is 7.53. The van der Waals surface area contributed by atoms with Crippen LogP contribution >= 0.6 is 0 Å². The lowest BCUT2D eigenvalue weighted by molar-refractivity contribution is -0.144. The monoisotopic (exact) mass is 545 g/mol. The number of halogens is 1. The number of aliphatic hydroxyl groups excluding tert-OH is 1. The highest BCUT2D eigenvalue weighted by atomic mass is 32.2. The third-order valence-electron chi connectivity index (χ3n) is 5.49. The summed E-state index contributed by atoms with van der Waals surface area (Å²) in [4.78, 5) is 28.9. The maximum atomic E-state index is 13.8. The highest BCUT2D eigenvalue weighted by Crippen LogP contribution is 2.31. The van der Waals surface area contributed by atoms with E-state index in [0.29, 0.717) is 5.56 Å². The molecule has 0 amide bonds. The molecular weight excluding hydrogens is 513 g/mol. The maximum Gasteiger partial charge on any atom is 0.377 e. The van der Waals surface area contributed by atoms with Gasteiger partial charge in [-0.25, -0.2) is 22.4 Å². The van der Waals surface area contributed by atoms with Crippen LogP contribution in [0, 0.1) is 12.7 Å². The number of hydrogen-bond acceptors (Lipinski definition) is 10. The highest BCUT2D eigenvalue weighted by molar-refractivity contribution is 7.89. The van der Waals surface area contributed by atoms with E-state index in [1.807, 2.05) is 0 Å². The van der Waals surface area contributed by atoms with Gasteiger partial charge in [0.15, 0.2) is 5.84 Å². The number of aryl methyl sites for hydroxylation is 1. The van der Waals surface area contributed by atoms with Gasteiger partial charge in [0.05, 0.1) is 37.4 Å². The van der Waals surface area contributed by atoms with Crippen molar-refractivity contribution in [3.63, 3.8) is 0 Å². The molecule has 0 spiro atoms. The zero-order valence-electron chi connectivity index (χ0n) is 20.9. The molecule has 12 nitrogen and oxygen atoms in total. The maximum absolute atomic E-state index is 13.8. The molecule has 1 aliphatic rings. The number of sulfonamides is 1. The Balaban J connectivity index is 2.28. The summed E-state index contributed by atoms with van der Waals surface area (Å²) in [5, 5.41) is 13.0. The Labute approximate surface area is 214 Å². The predicted octanol–water partition coefficient (Wildman–Crippen LogP) is 0.965. The zero-order chi connectivity index (χ0) is 27.6. The minimum atomic E-state index is -4.02. The van der Waals surface area contributed by atoms with Gasteiger partial charge in [-0.05, 0) is 51.3 Å². The first kappa shape index (κ1) is 30.2. The largest absolute Gasteiger partial charge is 0.463 e. The Morgan fingerprint density at radius 3 is 2.46 bits per heavy atom. The third kappa shape index (κ3) is 7.71. The lowest BCUT2D eigenvalue weighted by atomic mass is 9.91. The number of aliphatic hydroxyl groups is 1. The Kier molecular flexibility index (Phi) is 11.0. The highest BCUT2D eigenvalue weighted by Gasteiger charge is 2.43. The van der Waals surface area contributed by atoms with Crippen LogP contribution in [0.15, 0.2) is 40.1 Å². The number of ether oxygens (including phenoxy) is 3. The van der Waals surface area contributed by atoms with E-state index in [-0.39, 0.29) is 63.1 Å². The molecule has 1 saturated heterocycles. The van der Waals surface area contributed by atoms with Gasteiger partial charge < -0.3 is 29.9 Å². The van der Waals surface area contributed by atoms with E-state index < -0.39 is 39.1 Å². The van der Waals surface area contributed by atoms with Crippen LogP contribution in [0.25, 0.3) is 0 Å². The van der Waals surface area contributed by atoms with Gasteiger partial charge in [-0.3, -0.25) is 0 Å². The quantitative estimate of drug-likeness (QED) is 0.0964. The van der Waals surface area contributed by atoms with Gasteiger partial charge in [0, 0.05) is 13.1 Å². The lowest BCUT2D eigenvalue weighted by Gasteiger charge is -2.40. The van der Waals surface area contributed by atoms with Crippen LogP contribution in [0.4, 0.5) is 4.39 Å². The minimum Gasteiger partial charge on any atom is -0.463 e. The Hall–Kier alpha value is -3.07. The molecule has 0 atom stereocenters. The molecule has 0 aliphatic carbocycles. The van der Waals surface area contributed by atoms with Crippen molar-refractivity contribution in [3.8, 4) is 0 Å². The molecule has 37 heavy (non-hydrogen) atoms. The smallest absolute Gasteiger partial charge is 0.377 e. The van der Waals surface area contributed by atoms with Crippen molar-refractivity contribution >= 4 is 27.8 Å². The fraction of sp³-hybridized carbons (Fsp3) is 0.522. The van der Waals surface area contributed by atoms with Crippen LogP contribution in [-0.4, -0.2) is 80.7 Å². The number of nitrogens with zero attached hydrogens (tertiary/aromatic N) is 2. The van der Waals surface area contributed by atoms with Gasteiger partial charge in [0.25, 0.3) is 0 Å². The van der Waals surface area contributed by atoms with Crippen LogP contribution in [0.3, 0.4) is 0 Å². The second-order valence-corrected chi connectivity index (χ2v) is 9.84. The molecule has 1 heterocycles. The number of piperidine rings is 1. The molecule has 1 aliphatic heterocycles. The predicted molar refractivity (Wildman–Crippen MR) is 129 cm³/mol. The van der Waals surface area contributed by atoms with Crippen molar-refractivity contribution in [1.29, 1.82) is 0 Å². The minimum absolute atomic E-state index is 0.000199. The SMILES string of the molecule is CCOC(=O)/C=C(/O/N=C(\N)C1(OCCO)CCN(S(=O)(=O)c2cc(F)ccc2C)CC1)C(=O)OCC. The van der Waals surface area contributed by atoms with Crippen LogP contribution < -0.4 is 5.73 Å². The molecule has 3 N–H and O–H groups in total. The standard InChI is InChI=1S/C23H32FN3O9S/c1-4-33-20(29)15-18(21(30)34-5-2)36-26-22(25)23(35-13-12-28)8-10-27(11-9-23)37(31,32)19-14-17(24)7-6-16(19)3/h6-7,14-15,28H,4-5,8-13H2,1-3H3,(H2,25,26)/b18-15+. The van der Waals surface area contributed by atoms with Gasteiger partial charge in [0.1, 0.15) is 11.4 Å². The van der Waals surface area contributed by atoms with Crippen LogP contribution in [0.2, 0.25) is 0 Å². The van der Waals surface area contributed by atoms with Crippen molar-refractivity contribution in [2.45, 2.75) is 44.1 Å². The fourth-order valence-electron chi connectivity index (χ4n) is 3.59. The van der Waals surface area contributed by atoms with Crippen molar-refractivity contribution < 1.29 is 46.6 Å². The van der Waals surface area contributed by atoms with Crippen molar-refractivity contribution in [2.75, 3.05) is 39.5 Å². The summed E-state index contributed by atoms with van der Waals surface area (Å²) in [7, 11) is -4.02. The van der Waals surface area contributed by atoms with Crippen LogP contribution in [0.1, 0.15) is 32.3 Å². The molecule has 2 rings (SSSR count). The van der Waals surface area contributed by atoms with Crippen molar-refractivity contribution in [3.05, 3.63) is 41.4 Å². The molecular formula is C23H32FN3O9S. The molecule has 14 heteroatoms. The van der Waals surface area contributed by atoms with E-state index in [0.717, 1.165) is 12.1 Å². The Morgan fingerprint density at radius 1 is 1.22 bits per heavy atom. The number of esters is 2. The Bertz CT molecular complexity index is 1130. The number of oxime groups is 1. The van der Waals surface area contributed by atoms with Gasteiger partial charge in [-0.15, -0.1) is 0 Å². The second-order valence-electron chi connectivity index (χ2n) is 7.93. The molecule has 0 radical (unpaired) electrons. The first-order valence-electron chi connectivity index (χ1n) is 11.6. The fourth-order valence-corrected chi connectivity index (χ4v) is 5.27. The summed E-state index contributed by atoms with van der Waals surface area (Å²) in [6.07, 6.45) is 0.779. The van der Waals surface area contributed by atoms with E-state index in [2.05, 4.69) is 5.16 Å². The van der Waals surface area contributed by atoms with Crippen molar-refractivity contribution in [2.24, 2.45) is 10.9 Å². The van der Waals surface area contributed by atoms with E-state index in [1.165, 1.54) is 16.4 Å². The molecule has 0 aromatic heterocycles. The van der Waals surface area contributed by atoms with E-state index in [1.54, 1.807) is 20.8 Å². The number of amidine groups is 1. The molecule has 1 aromatic rings. The van der Waals surface area contributed by atoms with E-state index in [4.69, 9.17) is 24.8 Å². The number of nitrogens with two attached hydrogens (primary N) is 1. The average Bonchev–Trinajstić information content (AvgIpc) is 2.86. The zero-order valence-corrected chi connectivity index (χ0v) is 21.8. The van der Waals surface area contributed by atoms with Gasteiger partial charge >= 0.3 is 11.9 Å². The number of hydrogen-bond donors (Lipinski definition) is 2. The summed E-state index contributed by atoms with van der Waals surface area (Å²) < 4.78 is 56.6. The number of benzene rings is 1. The van der Waals surface area contributed by atoms with Crippen LogP contribution in [-0.2, 0) is 38.7 Å². The van der Waals surface area contributed by atoms with Crippen molar-refractivity contribution in [1.82, 2.24) is 4.31 Å². The van der Waals surface area contributed by atoms with Gasteiger partial charge in [0.2, 0.25) is 15.8 Å². The summed E-state index contributed by atoms with van der Waals surface area (Å²) in [6, 6.07) is 3.52. The lowest BCUT2D eigenvalue weighted by Crippen LogP contribution is -2.55. The topological polar surface area (TPSA) is 167 Å². The normalized spacial score (nSPS) is 16.8. The van der Waals surface area contributed by atoms with E-state index >= 15 is 0 Å². The van der Waals surface area contributed by atoms with E-state index in [9.17, 15) is 27.5 Å². The van der Waals surface area contributed by atoms with Gasteiger partial charge in [-0.2, -0.15) is 4.31 Å². The van der Waals surface area contributed by atoms with Crippen LogP contribution in [0.5, 0.6) is 0 Å². The summed E-state index contributed by atoms with van der Waals surface area (Å²) in [6.45, 7) is 4.14. The summed E-state index contributed by atoms with van der Waals surface area (Å²) in [5.41, 5.74) is 5.19. The molecule has 0 saturated carbocycles. The average molecular weight is 546 g/mol. The molecule has 206 valence electrons. The molecule has 1 aromatic carbocycles. The molecule has 1 fully saturated rings. The Morgan fingerprint density at radius 2 is 1.86 bits per heavy atom. The molecule has 0 bridgehead atoms.